The molecule has 0 N–H and O–H groups in total. The van der Waals surface area contributed by atoms with Crippen molar-refractivity contribution in [3.63, 3.8) is 0 Å². The average molecular weight is 336 g/mol. The van der Waals surface area contributed by atoms with Crippen molar-refractivity contribution in [2.75, 3.05) is 19.5 Å². The van der Waals surface area contributed by atoms with Crippen molar-refractivity contribution in [2.24, 2.45) is 5.41 Å². The molecule has 0 saturated carbocycles. The quantitative estimate of drug-likeness (QED) is 0.751. The molecule has 21 heavy (non-hydrogen) atoms. The Morgan fingerprint density at radius 2 is 1.86 bits per heavy atom. The molecule has 0 fully saturated rings. The maximum atomic E-state index is 12.8. The van der Waals surface area contributed by atoms with Crippen LogP contribution in [0.5, 0.6) is 0 Å². The summed E-state index contributed by atoms with van der Waals surface area (Å²) in [6.45, 7) is 10.7. The maximum Gasteiger partial charge on any atom is 0.246 e. The van der Waals surface area contributed by atoms with Crippen LogP contribution in [-0.4, -0.2) is 42.0 Å². The first-order chi connectivity index (χ1) is 9.50. The molecule has 122 valence electrons. The Kier molecular flexibility index (Phi) is 5.86. The van der Waals surface area contributed by atoms with Crippen molar-refractivity contribution in [1.29, 1.82) is 0 Å². The monoisotopic (exact) mass is 335 g/mol. The second-order valence-corrected chi connectivity index (χ2v) is 8.95. The number of alkyl halides is 1. The van der Waals surface area contributed by atoms with E-state index < -0.39 is 10.0 Å². The van der Waals surface area contributed by atoms with Crippen LogP contribution in [-0.2, 0) is 16.6 Å². The van der Waals surface area contributed by atoms with E-state index in [0.29, 0.717) is 35.3 Å². The lowest BCUT2D eigenvalue weighted by Gasteiger charge is -2.26. The Labute approximate surface area is 133 Å². The predicted molar refractivity (Wildman–Crippen MR) is 86.3 cm³/mol. The first kappa shape index (κ1) is 18.5. The number of aromatic nitrogens is 2. The van der Waals surface area contributed by atoms with Crippen LogP contribution >= 0.6 is 11.6 Å². The third-order valence-electron chi connectivity index (χ3n) is 3.18. The molecule has 1 rings (SSSR count). The molecule has 1 aromatic rings. The van der Waals surface area contributed by atoms with Gasteiger partial charge in [0.2, 0.25) is 10.0 Å². The van der Waals surface area contributed by atoms with Gasteiger partial charge in [-0.3, -0.25) is 4.68 Å². The fourth-order valence-electron chi connectivity index (χ4n) is 2.39. The number of aryl methyl sites for hydroxylation is 2. The second kappa shape index (κ2) is 6.67. The summed E-state index contributed by atoms with van der Waals surface area (Å²) in [6, 6.07) is 0. The fourth-order valence-corrected chi connectivity index (χ4v) is 4.27. The van der Waals surface area contributed by atoms with E-state index >= 15 is 0 Å². The van der Waals surface area contributed by atoms with Crippen LogP contribution in [0, 0.1) is 19.3 Å². The molecule has 0 saturated heterocycles. The van der Waals surface area contributed by atoms with Gasteiger partial charge in [0.15, 0.2) is 0 Å². The highest BCUT2D eigenvalue weighted by Gasteiger charge is 2.30. The third kappa shape index (κ3) is 4.44. The molecule has 0 aliphatic heterocycles. The fraction of sp³-hybridized carbons (Fsp3) is 0.786. The zero-order chi connectivity index (χ0) is 16.4. The Morgan fingerprint density at radius 3 is 2.33 bits per heavy atom. The molecular weight excluding hydrogens is 310 g/mol. The second-order valence-electron chi connectivity index (χ2n) is 6.59. The van der Waals surface area contributed by atoms with Gasteiger partial charge < -0.3 is 0 Å². The van der Waals surface area contributed by atoms with Crippen LogP contribution in [0.2, 0.25) is 0 Å². The summed E-state index contributed by atoms with van der Waals surface area (Å²) in [7, 11) is -1.90. The molecule has 0 spiro atoms. The average Bonchev–Trinajstić information content (AvgIpc) is 2.59. The Balaban J connectivity index is 3.17. The molecule has 0 unspecified atom stereocenters. The van der Waals surface area contributed by atoms with E-state index in [2.05, 4.69) is 5.10 Å². The highest BCUT2D eigenvalue weighted by molar-refractivity contribution is 7.89. The van der Waals surface area contributed by atoms with Crippen LogP contribution in [0.4, 0.5) is 0 Å². The van der Waals surface area contributed by atoms with Gasteiger partial charge in [-0.05, 0) is 25.7 Å². The summed E-state index contributed by atoms with van der Waals surface area (Å²) in [5, 5.41) is 4.35. The van der Waals surface area contributed by atoms with Crippen LogP contribution in [0.25, 0.3) is 0 Å². The molecule has 7 heteroatoms. The standard InChI is InChI=1S/C14H26ClN3O2S/c1-11-13(12(2)18(16-11)9-7-8-15)21(19,20)17(6)10-14(3,4)5/h7-10H2,1-6H3. The predicted octanol–water partition coefficient (Wildman–Crippen LogP) is 2.80. The lowest BCUT2D eigenvalue weighted by atomic mass is 9.97. The van der Waals surface area contributed by atoms with E-state index in [0.717, 1.165) is 6.42 Å². The summed E-state index contributed by atoms with van der Waals surface area (Å²) in [5.74, 6) is 0.532. The molecule has 0 aromatic carbocycles. The summed E-state index contributed by atoms with van der Waals surface area (Å²) in [5.41, 5.74) is 1.12. The van der Waals surface area contributed by atoms with Crippen molar-refractivity contribution < 1.29 is 8.42 Å². The van der Waals surface area contributed by atoms with Crippen molar-refractivity contribution in [3.05, 3.63) is 11.4 Å². The summed E-state index contributed by atoms with van der Waals surface area (Å²) in [6.07, 6.45) is 0.765. The first-order valence-corrected chi connectivity index (χ1v) is 9.04. The minimum Gasteiger partial charge on any atom is -0.268 e. The van der Waals surface area contributed by atoms with Gasteiger partial charge in [0.05, 0.1) is 11.4 Å². The highest BCUT2D eigenvalue weighted by atomic mass is 35.5. The number of rotatable bonds is 6. The Morgan fingerprint density at radius 1 is 1.29 bits per heavy atom. The van der Waals surface area contributed by atoms with Gasteiger partial charge in [-0.1, -0.05) is 20.8 Å². The summed E-state index contributed by atoms with van der Waals surface area (Å²) < 4.78 is 28.7. The third-order valence-corrected chi connectivity index (χ3v) is 5.51. The topological polar surface area (TPSA) is 55.2 Å². The van der Waals surface area contributed by atoms with Gasteiger partial charge in [0.1, 0.15) is 4.90 Å². The number of hydrogen-bond acceptors (Lipinski definition) is 3. The molecule has 0 aliphatic carbocycles. The van der Waals surface area contributed by atoms with Gasteiger partial charge in [0, 0.05) is 26.0 Å². The van der Waals surface area contributed by atoms with E-state index in [1.807, 2.05) is 20.8 Å². The summed E-state index contributed by atoms with van der Waals surface area (Å²) in [4.78, 5) is 0.323. The lowest BCUT2D eigenvalue weighted by molar-refractivity contribution is 0.310. The van der Waals surface area contributed by atoms with Gasteiger partial charge in [-0.15, -0.1) is 11.6 Å². The van der Waals surface area contributed by atoms with Crippen LogP contribution in [0.3, 0.4) is 0 Å². The molecular formula is C14H26ClN3O2S. The molecule has 0 atom stereocenters. The van der Waals surface area contributed by atoms with Crippen LogP contribution < -0.4 is 0 Å². The maximum absolute atomic E-state index is 12.8. The van der Waals surface area contributed by atoms with Crippen molar-refractivity contribution >= 4 is 21.6 Å². The van der Waals surface area contributed by atoms with Crippen LogP contribution in [0.1, 0.15) is 38.6 Å². The highest BCUT2D eigenvalue weighted by Crippen LogP contribution is 2.25. The molecule has 0 radical (unpaired) electrons. The van der Waals surface area contributed by atoms with E-state index in [4.69, 9.17) is 11.6 Å². The van der Waals surface area contributed by atoms with Gasteiger partial charge in [-0.25, -0.2) is 12.7 Å². The Hall–Kier alpha value is -0.590. The van der Waals surface area contributed by atoms with E-state index in [1.165, 1.54) is 4.31 Å². The number of sulfonamides is 1. The number of nitrogens with zero attached hydrogens (tertiary/aromatic N) is 3. The van der Waals surface area contributed by atoms with Gasteiger partial charge in [0.25, 0.3) is 0 Å². The first-order valence-electron chi connectivity index (χ1n) is 7.07. The minimum atomic E-state index is -3.52. The Bertz CT molecular complexity index is 588. The van der Waals surface area contributed by atoms with Gasteiger partial charge >= 0.3 is 0 Å². The normalized spacial score (nSPS) is 13.1. The molecule has 1 aromatic heterocycles. The minimum absolute atomic E-state index is 0.0990. The largest absolute Gasteiger partial charge is 0.268 e. The smallest absolute Gasteiger partial charge is 0.246 e. The zero-order valence-electron chi connectivity index (χ0n) is 13.8. The SMILES string of the molecule is Cc1nn(CCCCl)c(C)c1S(=O)(=O)N(C)CC(C)(C)C. The molecule has 5 nitrogen and oxygen atoms in total. The van der Waals surface area contributed by atoms with E-state index in [-0.39, 0.29) is 5.41 Å². The molecule has 0 aliphatic rings. The number of hydrogen-bond donors (Lipinski definition) is 0. The molecule has 1 heterocycles. The summed E-state index contributed by atoms with van der Waals surface area (Å²) >= 11 is 5.70. The van der Waals surface area contributed by atoms with Crippen molar-refractivity contribution in [2.45, 2.75) is 52.5 Å². The van der Waals surface area contributed by atoms with E-state index in [9.17, 15) is 8.42 Å². The van der Waals surface area contributed by atoms with Gasteiger partial charge in [-0.2, -0.15) is 5.10 Å². The zero-order valence-corrected chi connectivity index (χ0v) is 15.3. The van der Waals surface area contributed by atoms with E-state index in [1.54, 1.807) is 25.6 Å². The van der Waals surface area contributed by atoms with Crippen LogP contribution in [0.15, 0.2) is 4.90 Å². The molecule has 0 amide bonds. The van der Waals surface area contributed by atoms with Crippen molar-refractivity contribution in [3.8, 4) is 0 Å². The number of halogens is 1. The van der Waals surface area contributed by atoms with Crippen molar-refractivity contribution in [1.82, 2.24) is 14.1 Å². The lowest BCUT2D eigenvalue weighted by Crippen LogP contribution is -2.35. The molecule has 0 bridgehead atoms.